The van der Waals surface area contributed by atoms with Gasteiger partial charge in [-0.1, -0.05) is 183 Å². The Morgan fingerprint density at radius 1 is 0.245 bits per heavy atom. The molecule has 0 fully saturated rings. The van der Waals surface area contributed by atoms with E-state index in [1.807, 2.05) is 171 Å². The molecule has 0 nitrogen and oxygen atoms in total. The molecule has 296 valence electrons. The van der Waals surface area contributed by atoms with E-state index < -0.39 is 0 Å². The van der Waals surface area contributed by atoms with Crippen molar-refractivity contribution in [2.45, 2.75) is 0 Å². The first-order valence-corrected chi connectivity index (χ1v) is 45.7. The molecule has 0 aromatic heterocycles. The van der Waals surface area contributed by atoms with Crippen molar-refractivity contribution in [3.05, 3.63) is 0 Å². The summed E-state index contributed by atoms with van der Waals surface area (Å²) in [7, 11) is 39.7. The molecule has 0 saturated heterocycles. The molecule has 0 rings (SSSR count). The quantitative estimate of drug-likeness (QED) is 0.0257. The Morgan fingerprint density at radius 2 is 0.531 bits per heavy atom. The Balaban J connectivity index is 3.04. The molecular formula is C23H48S26. The maximum atomic E-state index is 4.25. The normalized spacial score (nSPS) is 11.6. The highest BCUT2D eigenvalue weighted by atomic mass is 33.8. The van der Waals surface area contributed by atoms with Gasteiger partial charge in [0.05, 0.1) is 15.3 Å². The van der Waals surface area contributed by atoms with Gasteiger partial charge >= 0.3 is 0 Å². The van der Waals surface area contributed by atoms with E-state index >= 15 is 0 Å². The van der Waals surface area contributed by atoms with Gasteiger partial charge < -0.3 is 0 Å². The zero-order valence-corrected chi connectivity index (χ0v) is 48.3. The van der Waals surface area contributed by atoms with E-state index in [9.17, 15) is 0 Å². The van der Waals surface area contributed by atoms with Gasteiger partial charge in [0.2, 0.25) is 0 Å². The van der Waals surface area contributed by atoms with Crippen LogP contribution in [0.2, 0.25) is 0 Å². The van der Waals surface area contributed by atoms with Crippen molar-refractivity contribution in [2.75, 3.05) is 130 Å². The van der Waals surface area contributed by atoms with Crippen molar-refractivity contribution in [1.82, 2.24) is 0 Å². The summed E-state index contributed by atoms with van der Waals surface area (Å²) < 4.78 is 0. The first-order valence-electron chi connectivity index (χ1n) is 14.5. The number of hydrogen-bond donors (Lipinski definition) is 2. The van der Waals surface area contributed by atoms with E-state index in [1.54, 1.807) is 10.8 Å². The summed E-state index contributed by atoms with van der Waals surface area (Å²) in [5.74, 6) is 25.0. The first kappa shape index (κ1) is 58.1. The van der Waals surface area contributed by atoms with Crippen LogP contribution >= 0.6 is 284 Å². The number of hydrogen-bond acceptors (Lipinski definition) is 26. The first-order chi connectivity index (χ1) is 24.4. The van der Waals surface area contributed by atoms with Crippen LogP contribution in [0.4, 0.5) is 0 Å². The van der Waals surface area contributed by atoms with Crippen LogP contribution in [0.1, 0.15) is 0 Å². The fourth-order valence-electron chi connectivity index (χ4n) is 2.15. The Labute approximate surface area is 407 Å². The van der Waals surface area contributed by atoms with Crippen molar-refractivity contribution >= 4 is 284 Å². The summed E-state index contributed by atoms with van der Waals surface area (Å²) in [6, 6.07) is 0. The van der Waals surface area contributed by atoms with E-state index in [-0.39, 0.29) is 0 Å². The van der Waals surface area contributed by atoms with E-state index in [4.69, 9.17) is 0 Å². The van der Waals surface area contributed by atoms with Gasteiger partial charge in [0.25, 0.3) is 0 Å². The number of thiol groups is 2. The minimum Gasteiger partial charge on any atom is -0.179 e. The van der Waals surface area contributed by atoms with Crippen molar-refractivity contribution in [1.29, 1.82) is 0 Å². The summed E-state index contributed by atoms with van der Waals surface area (Å²) >= 11 is 16.8. The highest BCUT2D eigenvalue weighted by Crippen LogP contribution is 2.50. The number of rotatable bonds is 46. The number of thioether (sulfide) groups is 4. The van der Waals surface area contributed by atoms with E-state index in [0.29, 0.717) is 0 Å². The summed E-state index contributed by atoms with van der Waals surface area (Å²) in [5.41, 5.74) is 0. The molecule has 0 bridgehead atoms. The van der Waals surface area contributed by atoms with Crippen molar-refractivity contribution < 1.29 is 0 Å². The molecule has 0 N–H and O–H groups in total. The van der Waals surface area contributed by atoms with Crippen LogP contribution in [0.5, 0.6) is 0 Å². The molecule has 0 saturated carbocycles. The molecule has 0 aliphatic rings. The van der Waals surface area contributed by atoms with Crippen LogP contribution in [0, 0.1) is 0 Å². The van der Waals surface area contributed by atoms with Crippen LogP contribution < -0.4 is 0 Å². The average Bonchev–Trinajstić information content (AvgIpc) is 3.11. The summed E-state index contributed by atoms with van der Waals surface area (Å²) in [6.45, 7) is 0. The molecule has 49 heavy (non-hydrogen) atoms. The summed E-state index contributed by atoms with van der Waals surface area (Å²) in [6.07, 6.45) is 0. The third kappa shape index (κ3) is 57.1. The highest BCUT2D eigenvalue weighted by Gasteiger charge is 2.00. The molecular weight excluding hydrogens is 1110 g/mol. The molecule has 0 aromatic rings. The Hall–Kier alpha value is 9.10. The minimum absolute atomic E-state index is 0.993. The zero-order chi connectivity index (χ0) is 35.2. The molecule has 0 aromatic carbocycles. The molecule has 0 spiro atoms. The van der Waals surface area contributed by atoms with Crippen molar-refractivity contribution in [3.8, 4) is 0 Å². The SMILES string of the molecule is SCCSCCSSCSSSSSCCSSCSSCCSCCSSCCSCCSSCCSCCSSCCSSCSS. The van der Waals surface area contributed by atoms with Gasteiger partial charge in [-0.2, -0.15) is 59.7 Å². The van der Waals surface area contributed by atoms with E-state index in [2.05, 4.69) is 103 Å². The lowest BCUT2D eigenvalue weighted by Crippen LogP contribution is -1.90. The predicted molar refractivity (Wildman–Crippen MR) is 312 cm³/mol. The van der Waals surface area contributed by atoms with Crippen LogP contribution in [0.3, 0.4) is 0 Å². The Morgan fingerprint density at radius 3 is 0.918 bits per heavy atom. The summed E-state index contributed by atoms with van der Waals surface area (Å²) in [5, 5.41) is 3.43. The van der Waals surface area contributed by atoms with Gasteiger partial charge in [-0.15, -0.1) is 11.7 Å². The second-order valence-electron chi connectivity index (χ2n) is 7.49. The van der Waals surface area contributed by atoms with E-state index in [1.165, 1.54) is 119 Å². The molecule has 0 atom stereocenters. The maximum absolute atomic E-state index is 4.25. The standard InChI is InChI=1S/C23H48S26/c24-1-2-26-3-15-38-45-23-46-48-49-47-41-20-19-40-44-22-43-37-16-9-29-7-13-34-33-11-5-27-4-10-31-32-12-6-28-8-14-35-36-17-18-39-42-21-30-25/h24-25H,1-23H2. The molecule has 0 aliphatic heterocycles. The topological polar surface area (TPSA) is 0 Å². The van der Waals surface area contributed by atoms with Crippen LogP contribution in [0.15, 0.2) is 0 Å². The van der Waals surface area contributed by atoms with Gasteiger partial charge in [0.1, 0.15) is 0 Å². The van der Waals surface area contributed by atoms with Crippen molar-refractivity contribution in [3.63, 3.8) is 0 Å². The molecule has 0 aliphatic carbocycles. The predicted octanol–water partition coefficient (Wildman–Crippen LogP) is 17.3. The van der Waals surface area contributed by atoms with E-state index in [0.717, 1.165) is 10.8 Å². The fraction of sp³-hybridized carbons (Fsp3) is 1.00. The maximum Gasteiger partial charge on any atom is 0.0608 e. The molecule has 0 heterocycles. The molecule has 0 amide bonds. The fourth-order valence-corrected chi connectivity index (χ4v) is 38.0. The lowest BCUT2D eigenvalue weighted by molar-refractivity contribution is 1.49. The molecule has 0 radical (unpaired) electrons. The lowest BCUT2D eigenvalue weighted by atomic mass is 10.9. The average molecular weight is 1160 g/mol. The zero-order valence-electron chi connectivity index (χ0n) is 27.0. The van der Waals surface area contributed by atoms with Crippen LogP contribution in [-0.4, -0.2) is 130 Å². The molecule has 0 unspecified atom stereocenters. The second-order valence-corrected chi connectivity index (χ2v) is 41.6. The Kier molecular flexibility index (Phi) is 67.7. The largest absolute Gasteiger partial charge is 0.179 e. The van der Waals surface area contributed by atoms with Crippen LogP contribution in [-0.2, 0) is 0 Å². The van der Waals surface area contributed by atoms with Gasteiger partial charge in [-0.25, -0.2) is 0 Å². The smallest absolute Gasteiger partial charge is 0.0608 e. The highest BCUT2D eigenvalue weighted by molar-refractivity contribution is 9.36. The minimum atomic E-state index is 0.993. The van der Waals surface area contributed by atoms with Crippen molar-refractivity contribution in [2.24, 2.45) is 0 Å². The summed E-state index contributed by atoms with van der Waals surface area (Å²) in [4.78, 5) is 0. The van der Waals surface area contributed by atoms with Gasteiger partial charge in [0.15, 0.2) is 0 Å². The third-order valence-electron chi connectivity index (χ3n) is 3.94. The van der Waals surface area contributed by atoms with Gasteiger partial charge in [-0.3, -0.25) is 0 Å². The Bertz CT molecular complexity index is 525. The van der Waals surface area contributed by atoms with Gasteiger partial charge in [-0.05, 0) is 35.2 Å². The van der Waals surface area contributed by atoms with Gasteiger partial charge in [0, 0.05) is 109 Å². The van der Waals surface area contributed by atoms with Crippen LogP contribution in [0.25, 0.3) is 0 Å². The molecule has 26 heteroatoms. The second kappa shape index (κ2) is 57.1. The monoisotopic (exact) mass is 1160 g/mol. The third-order valence-corrected chi connectivity index (χ3v) is 39.6. The lowest BCUT2D eigenvalue weighted by Gasteiger charge is -2.04.